The summed E-state index contributed by atoms with van der Waals surface area (Å²) >= 11 is 0. The molecule has 2 aromatic rings. The molecule has 0 radical (unpaired) electrons. The molecular weight excluding hydrogens is 427 g/mol. The highest BCUT2D eigenvalue weighted by atomic mass is 19.2. The molecule has 2 aliphatic heterocycles. The summed E-state index contributed by atoms with van der Waals surface area (Å²) in [6.07, 6.45) is 5.36. The largest absolute Gasteiger partial charge is 0.441 e. The van der Waals surface area contributed by atoms with E-state index in [0.29, 0.717) is 12.2 Å². The summed E-state index contributed by atoms with van der Waals surface area (Å²) in [6.45, 7) is 0.629. The molecule has 3 fully saturated rings. The van der Waals surface area contributed by atoms with Gasteiger partial charge in [-0.1, -0.05) is 0 Å². The maximum Gasteiger partial charge on any atom is 0.415 e. The Morgan fingerprint density at radius 2 is 1.88 bits per heavy atom. The Hall–Kier alpha value is -3.24. The molecule has 0 bridgehead atoms. The summed E-state index contributed by atoms with van der Waals surface area (Å²) in [5, 5.41) is 7.01. The summed E-state index contributed by atoms with van der Waals surface area (Å²) < 4.78 is 47.9. The van der Waals surface area contributed by atoms with Crippen LogP contribution in [0.15, 0.2) is 18.3 Å². The van der Waals surface area contributed by atoms with E-state index < -0.39 is 35.2 Å². The minimum absolute atomic E-state index is 0.0616. The van der Waals surface area contributed by atoms with Crippen LogP contribution in [-0.4, -0.2) is 45.0 Å². The normalized spacial score (nSPS) is 25.0. The smallest absolute Gasteiger partial charge is 0.415 e. The number of anilines is 2. The summed E-state index contributed by atoms with van der Waals surface area (Å²) in [7, 11) is 0. The monoisotopic (exact) mass is 447 g/mol. The van der Waals surface area contributed by atoms with Gasteiger partial charge in [0.1, 0.15) is 5.60 Å². The summed E-state index contributed by atoms with van der Waals surface area (Å²) in [5.41, 5.74) is 0.763. The molecule has 168 valence electrons. The average molecular weight is 447 g/mol. The Morgan fingerprint density at radius 1 is 1.16 bits per heavy atom. The van der Waals surface area contributed by atoms with Crippen molar-refractivity contribution in [3.63, 3.8) is 0 Å². The molecule has 8 nitrogen and oxygen atoms in total. The van der Waals surface area contributed by atoms with Gasteiger partial charge in [-0.25, -0.2) is 22.8 Å². The van der Waals surface area contributed by atoms with Gasteiger partial charge in [0, 0.05) is 17.8 Å². The molecule has 3 amide bonds. The van der Waals surface area contributed by atoms with Gasteiger partial charge in [-0.2, -0.15) is 5.10 Å². The Morgan fingerprint density at radius 3 is 2.56 bits per heavy atom. The highest BCUT2D eigenvalue weighted by molar-refractivity contribution is 5.92. The molecule has 32 heavy (non-hydrogen) atoms. The SMILES string of the molecule is O=C1OC2(CC2)CN1c1cnn2c1CN(C(=O)Nc1cc(F)c(F)c(F)c1)[C@H]1CCC[C@H]12. The van der Waals surface area contributed by atoms with Crippen LogP contribution in [0.25, 0.3) is 0 Å². The van der Waals surface area contributed by atoms with Crippen molar-refractivity contribution < 1.29 is 27.5 Å². The first-order valence-corrected chi connectivity index (χ1v) is 10.6. The third-order valence-electron chi connectivity index (χ3n) is 6.92. The van der Waals surface area contributed by atoms with Crippen LogP contribution >= 0.6 is 0 Å². The second-order valence-corrected chi connectivity index (χ2v) is 8.94. The third-order valence-corrected chi connectivity index (χ3v) is 6.92. The zero-order valence-corrected chi connectivity index (χ0v) is 17.0. The molecule has 0 unspecified atom stereocenters. The van der Waals surface area contributed by atoms with Gasteiger partial charge >= 0.3 is 12.1 Å². The molecule has 2 saturated carbocycles. The lowest BCUT2D eigenvalue weighted by atomic mass is 10.1. The number of benzene rings is 1. The lowest BCUT2D eigenvalue weighted by Crippen LogP contribution is -2.49. The molecule has 4 aliphatic rings. The molecule has 1 aromatic heterocycles. The zero-order chi connectivity index (χ0) is 22.2. The van der Waals surface area contributed by atoms with E-state index in [1.807, 2.05) is 4.68 Å². The number of amides is 3. The topological polar surface area (TPSA) is 79.7 Å². The Balaban J connectivity index is 1.30. The van der Waals surface area contributed by atoms with Crippen LogP contribution in [0.4, 0.5) is 34.1 Å². The number of hydrogen-bond donors (Lipinski definition) is 1. The van der Waals surface area contributed by atoms with Gasteiger partial charge in [-0.15, -0.1) is 0 Å². The van der Waals surface area contributed by atoms with Crippen LogP contribution in [0.1, 0.15) is 43.8 Å². The van der Waals surface area contributed by atoms with Crippen LogP contribution < -0.4 is 10.2 Å². The van der Waals surface area contributed by atoms with E-state index in [-0.39, 0.29) is 24.3 Å². The number of hydrogen-bond acceptors (Lipinski definition) is 4. The second-order valence-electron chi connectivity index (χ2n) is 8.94. The third kappa shape index (κ3) is 2.86. The van der Waals surface area contributed by atoms with E-state index in [1.54, 1.807) is 16.0 Å². The molecule has 3 heterocycles. The Bertz CT molecular complexity index is 1120. The molecule has 11 heteroatoms. The number of ether oxygens (including phenoxy) is 1. The van der Waals surface area contributed by atoms with E-state index >= 15 is 0 Å². The lowest BCUT2D eigenvalue weighted by Gasteiger charge is -2.38. The molecule has 1 spiro atoms. The predicted molar refractivity (Wildman–Crippen MR) is 106 cm³/mol. The minimum atomic E-state index is -1.59. The number of carbonyl (C=O) groups excluding carboxylic acids is 2. The zero-order valence-electron chi connectivity index (χ0n) is 17.0. The van der Waals surface area contributed by atoms with Gasteiger partial charge in [0.2, 0.25) is 0 Å². The first kappa shape index (κ1) is 19.4. The summed E-state index contributed by atoms with van der Waals surface area (Å²) in [5.74, 6) is -4.34. The van der Waals surface area contributed by atoms with E-state index in [9.17, 15) is 22.8 Å². The number of aromatic nitrogens is 2. The van der Waals surface area contributed by atoms with Crippen molar-refractivity contribution in [2.45, 2.75) is 56.3 Å². The lowest BCUT2D eigenvalue weighted by molar-refractivity contribution is 0.129. The Labute approximate surface area is 180 Å². The van der Waals surface area contributed by atoms with Crippen LogP contribution in [0.3, 0.4) is 0 Å². The van der Waals surface area contributed by atoms with Gasteiger partial charge < -0.3 is 15.0 Å². The molecular formula is C21H20F3N5O3. The standard InChI is InChI=1S/C21H20F3N5O3/c22-12-6-11(7-13(23)18(12)24)26-19(30)27-9-17-16(28-10-21(4-5-21)32-20(28)31)8-25-29(17)15-3-1-2-14(15)27/h6-8,14-15H,1-5,9-10H2,(H,26,30)/t14-,15+/m0/s1. The molecule has 1 saturated heterocycles. The quantitative estimate of drug-likeness (QED) is 0.708. The van der Waals surface area contributed by atoms with Gasteiger partial charge in [-0.05, 0) is 32.1 Å². The maximum absolute atomic E-state index is 13.6. The second kappa shape index (κ2) is 6.63. The molecule has 1 N–H and O–H groups in total. The average Bonchev–Trinajstić information content (AvgIpc) is 3.09. The predicted octanol–water partition coefficient (Wildman–Crippen LogP) is 3.93. The molecule has 6 rings (SSSR count). The van der Waals surface area contributed by atoms with Crippen LogP contribution in [0.2, 0.25) is 0 Å². The highest BCUT2D eigenvalue weighted by Gasteiger charge is 2.56. The number of carbonyl (C=O) groups is 2. The van der Waals surface area contributed by atoms with Gasteiger partial charge in [0.05, 0.1) is 42.8 Å². The summed E-state index contributed by atoms with van der Waals surface area (Å²) in [6, 6.07) is 0.738. The number of urea groups is 1. The van der Waals surface area contributed by atoms with Gasteiger partial charge in [-0.3, -0.25) is 9.58 Å². The van der Waals surface area contributed by atoms with E-state index in [0.717, 1.165) is 49.9 Å². The molecule has 2 atom stereocenters. The fourth-order valence-corrected chi connectivity index (χ4v) is 5.15. The number of nitrogens with zero attached hydrogens (tertiary/aromatic N) is 4. The van der Waals surface area contributed by atoms with Gasteiger partial charge in [0.15, 0.2) is 17.5 Å². The summed E-state index contributed by atoms with van der Waals surface area (Å²) in [4.78, 5) is 28.7. The van der Waals surface area contributed by atoms with E-state index in [1.165, 1.54) is 0 Å². The van der Waals surface area contributed by atoms with Crippen molar-refractivity contribution in [2.24, 2.45) is 0 Å². The van der Waals surface area contributed by atoms with Crippen LogP contribution in [0, 0.1) is 17.5 Å². The fraction of sp³-hybridized carbons (Fsp3) is 0.476. The minimum Gasteiger partial charge on any atom is -0.441 e. The van der Waals surface area contributed by atoms with Crippen molar-refractivity contribution in [1.29, 1.82) is 0 Å². The van der Waals surface area contributed by atoms with E-state index in [4.69, 9.17) is 4.74 Å². The van der Waals surface area contributed by atoms with Crippen LogP contribution in [0.5, 0.6) is 0 Å². The molecule has 2 aliphatic carbocycles. The van der Waals surface area contributed by atoms with Gasteiger partial charge in [0.25, 0.3) is 0 Å². The van der Waals surface area contributed by atoms with Crippen molar-refractivity contribution in [3.05, 3.63) is 41.5 Å². The number of nitrogens with one attached hydrogen (secondary N) is 1. The first-order chi connectivity index (χ1) is 15.3. The maximum atomic E-state index is 13.6. The Kier molecular flexibility index (Phi) is 4.03. The fourth-order valence-electron chi connectivity index (χ4n) is 5.15. The van der Waals surface area contributed by atoms with Crippen molar-refractivity contribution in [3.8, 4) is 0 Å². The first-order valence-electron chi connectivity index (χ1n) is 10.6. The number of halogens is 3. The number of fused-ring (bicyclic) bond motifs is 3. The molecule has 1 aromatic carbocycles. The van der Waals surface area contributed by atoms with Crippen molar-refractivity contribution >= 4 is 23.5 Å². The highest BCUT2D eigenvalue weighted by Crippen LogP contribution is 2.48. The van der Waals surface area contributed by atoms with E-state index in [2.05, 4.69) is 10.4 Å². The van der Waals surface area contributed by atoms with Crippen molar-refractivity contribution in [1.82, 2.24) is 14.7 Å². The van der Waals surface area contributed by atoms with Crippen molar-refractivity contribution in [2.75, 3.05) is 16.8 Å². The number of rotatable bonds is 2. The van der Waals surface area contributed by atoms with Crippen LogP contribution in [-0.2, 0) is 11.3 Å².